The number of nitrogens with zero attached hydrogens (tertiary/aromatic N) is 2. The summed E-state index contributed by atoms with van der Waals surface area (Å²) >= 11 is 1.67. The average Bonchev–Trinajstić information content (AvgIpc) is 3.31. The van der Waals surface area contributed by atoms with E-state index in [0.29, 0.717) is 6.54 Å². The van der Waals surface area contributed by atoms with Gasteiger partial charge >= 0.3 is 6.03 Å². The largest absolute Gasteiger partial charge is 0.508 e. The molecule has 3 N–H and O–H groups in total. The van der Waals surface area contributed by atoms with Gasteiger partial charge < -0.3 is 20.6 Å². The van der Waals surface area contributed by atoms with Crippen LogP contribution in [0.15, 0.2) is 65.4 Å². The minimum atomic E-state index is -0.151. The van der Waals surface area contributed by atoms with Gasteiger partial charge in [0.1, 0.15) is 5.75 Å². The SMILES string of the molecule is C[C@@H](Cc1ccsc1)NC(=O)NC[C@H](Cc1ccc(O)cc1)N(C)Cc1ccc(N(C)C)cc1. The summed E-state index contributed by atoms with van der Waals surface area (Å²) < 4.78 is 0. The number of urea groups is 1. The Labute approximate surface area is 207 Å². The van der Waals surface area contributed by atoms with E-state index >= 15 is 0 Å². The van der Waals surface area contributed by atoms with Gasteiger partial charge in [0.15, 0.2) is 0 Å². The van der Waals surface area contributed by atoms with Crippen molar-refractivity contribution in [2.45, 2.75) is 38.4 Å². The van der Waals surface area contributed by atoms with Crippen LogP contribution in [0.1, 0.15) is 23.6 Å². The Bertz CT molecular complexity index is 1000. The highest BCUT2D eigenvalue weighted by Gasteiger charge is 2.18. The molecule has 0 fully saturated rings. The lowest BCUT2D eigenvalue weighted by Crippen LogP contribution is -2.48. The van der Waals surface area contributed by atoms with Crippen molar-refractivity contribution < 1.29 is 9.90 Å². The van der Waals surface area contributed by atoms with Crippen LogP contribution in [0.4, 0.5) is 10.5 Å². The Balaban J connectivity index is 1.61. The number of amides is 2. The van der Waals surface area contributed by atoms with Crippen molar-refractivity contribution in [3.05, 3.63) is 82.0 Å². The summed E-state index contributed by atoms with van der Waals surface area (Å²) in [5.74, 6) is 0.256. The lowest BCUT2D eigenvalue weighted by Gasteiger charge is -2.29. The fourth-order valence-electron chi connectivity index (χ4n) is 3.90. The number of phenolic OH excluding ortho intramolecular Hbond substituents is 1. The Morgan fingerprint density at radius 3 is 2.24 bits per heavy atom. The van der Waals surface area contributed by atoms with E-state index in [9.17, 15) is 9.90 Å². The topological polar surface area (TPSA) is 67.8 Å². The molecule has 0 radical (unpaired) electrons. The number of likely N-dealkylation sites (N-methyl/N-ethyl adjacent to an activating group) is 1. The fourth-order valence-corrected chi connectivity index (χ4v) is 4.58. The molecule has 0 aliphatic carbocycles. The van der Waals surface area contributed by atoms with Gasteiger partial charge in [-0.05, 0) is 84.6 Å². The predicted octanol–water partition coefficient (Wildman–Crippen LogP) is 4.49. The average molecular weight is 481 g/mol. The van der Waals surface area contributed by atoms with E-state index in [1.165, 1.54) is 16.8 Å². The van der Waals surface area contributed by atoms with E-state index in [2.05, 4.69) is 68.6 Å². The molecule has 3 aromatic rings. The van der Waals surface area contributed by atoms with Crippen molar-refractivity contribution in [2.75, 3.05) is 32.6 Å². The molecule has 1 heterocycles. The highest BCUT2D eigenvalue weighted by Crippen LogP contribution is 2.17. The zero-order chi connectivity index (χ0) is 24.5. The molecule has 0 bridgehead atoms. The normalized spacial score (nSPS) is 12.9. The molecule has 34 heavy (non-hydrogen) atoms. The van der Waals surface area contributed by atoms with Crippen LogP contribution in [-0.2, 0) is 19.4 Å². The van der Waals surface area contributed by atoms with Crippen molar-refractivity contribution in [3.8, 4) is 5.75 Å². The second-order valence-corrected chi connectivity index (χ2v) is 9.87. The molecule has 3 rings (SSSR count). The lowest BCUT2D eigenvalue weighted by molar-refractivity contribution is 0.212. The second kappa shape index (κ2) is 12.4. The third kappa shape index (κ3) is 8.08. The monoisotopic (exact) mass is 480 g/mol. The lowest BCUT2D eigenvalue weighted by atomic mass is 10.0. The molecule has 0 spiro atoms. The number of anilines is 1. The van der Waals surface area contributed by atoms with E-state index in [0.717, 1.165) is 24.9 Å². The van der Waals surface area contributed by atoms with Crippen molar-refractivity contribution in [1.82, 2.24) is 15.5 Å². The van der Waals surface area contributed by atoms with Crippen LogP contribution in [0.25, 0.3) is 0 Å². The van der Waals surface area contributed by atoms with Crippen LogP contribution in [0, 0.1) is 0 Å². The first kappa shape index (κ1) is 25.6. The minimum absolute atomic E-state index is 0.0538. The van der Waals surface area contributed by atoms with Crippen LogP contribution in [0.3, 0.4) is 0 Å². The molecule has 0 aliphatic rings. The summed E-state index contributed by atoms with van der Waals surface area (Å²) in [5.41, 5.74) is 4.74. The van der Waals surface area contributed by atoms with Crippen LogP contribution in [0.2, 0.25) is 0 Å². The first-order valence-electron chi connectivity index (χ1n) is 11.6. The van der Waals surface area contributed by atoms with Gasteiger partial charge in [0.25, 0.3) is 0 Å². The van der Waals surface area contributed by atoms with Gasteiger partial charge in [0.05, 0.1) is 0 Å². The van der Waals surface area contributed by atoms with Gasteiger partial charge in [-0.2, -0.15) is 11.3 Å². The number of carbonyl (C=O) groups is 1. The number of nitrogens with one attached hydrogen (secondary N) is 2. The molecule has 182 valence electrons. The van der Waals surface area contributed by atoms with Crippen LogP contribution in [-0.4, -0.2) is 55.8 Å². The molecular weight excluding hydrogens is 444 g/mol. The quantitative estimate of drug-likeness (QED) is 0.378. The number of hydrogen-bond acceptors (Lipinski definition) is 5. The first-order valence-corrected chi connectivity index (χ1v) is 12.5. The maximum atomic E-state index is 12.6. The predicted molar refractivity (Wildman–Crippen MR) is 142 cm³/mol. The zero-order valence-corrected chi connectivity index (χ0v) is 21.3. The number of carbonyl (C=O) groups excluding carboxylic acids is 1. The third-order valence-corrected chi connectivity index (χ3v) is 6.65. The number of benzene rings is 2. The molecule has 6 nitrogen and oxygen atoms in total. The fraction of sp³-hybridized carbons (Fsp3) is 0.370. The van der Waals surface area contributed by atoms with E-state index in [-0.39, 0.29) is 23.9 Å². The van der Waals surface area contributed by atoms with E-state index < -0.39 is 0 Å². The van der Waals surface area contributed by atoms with E-state index in [1.807, 2.05) is 33.2 Å². The summed E-state index contributed by atoms with van der Waals surface area (Å²) in [4.78, 5) is 16.9. The van der Waals surface area contributed by atoms with Gasteiger partial charge in [-0.3, -0.25) is 4.90 Å². The zero-order valence-electron chi connectivity index (χ0n) is 20.5. The molecule has 7 heteroatoms. The van der Waals surface area contributed by atoms with Gasteiger partial charge in [-0.25, -0.2) is 4.79 Å². The Hall–Kier alpha value is -3.03. The van der Waals surface area contributed by atoms with Crippen LogP contribution in [0.5, 0.6) is 5.75 Å². The highest BCUT2D eigenvalue weighted by atomic mass is 32.1. The highest BCUT2D eigenvalue weighted by molar-refractivity contribution is 7.07. The number of hydrogen-bond donors (Lipinski definition) is 3. The molecule has 0 unspecified atom stereocenters. The molecule has 0 saturated carbocycles. The van der Waals surface area contributed by atoms with E-state index in [1.54, 1.807) is 23.5 Å². The van der Waals surface area contributed by atoms with Gasteiger partial charge in [-0.1, -0.05) is 24.3 Å². The smallest absolute Gasteiger partial charge is 0.315 e. The third-order valence-electron chi connectivity index (χ3n) is 5.91. The van der Waals surface area contributed by atoms with Gasteiger partial charge in [0.2, 0.25) is 0 Å². The summed E-state index contributed by atoms with van der Waals surface area (Å²) in [6.07, 6.45) is 1.58. The van der Waals surface area contributed by atoms with Crippen molar-refractivity contribution in [2.24, 2.45) is 0 Å². The van der Waals surface area contributed by atoms with Crippen molar-refractivity contribution >= 4 is 23.1 Å². The molecule has 0 saturated heterocycles. The van der Waals surface area contributed by atoms with Crippen LogP contribution >= 0.6 is 11.3 Å². The number of thiophene rings is 1. The van der Waals surface area contributed by atoms with Crippen molar-refractivity contribution in [3.63, 3.8) is 0 Å². The summed E-state index contributed by atoms with van der Waals surface area (Å²) in [6, 6.07) is 17.9. The Kier molecular flexibility index (Phi) is 9.36. The Morgan fingerprint density at radius 2 is 1.62 bits per heavy atom. The molecular formula is C27H36N4O2S. The summed E-state index contributed by atoms with van der Waals surface area (Å²) in [6.45, 7) is 3.31. The van der Waals surface area contributed by atoms with E-state index in [4.69, 9.17) is 0 Å². The van der Waals surface area contributed by atoms with Crippen LogP contribution < -0.4 is 15.5 Å². The first-order chi connectivity index (χ1) is 16.3. The molecule has 2 aromatic carbocycles. The maximum absolute atomic E-state index is 12.6. The van der Waals surface area contributed by atoms with Crippen molar-refractivity contribution in [1.29, 1.82) is 0 Å². The molecule has 2 amide bonds. The summed E-state index contributed by atoms with van der Waals surface area (Å²) in [5, 5.41) is 19.9. The number of phenols is 1. The second-order valence-electron chi connectivity index (χ2n) is 9.09. The molecule has 0 aliphatic heterocycles. The maximum Gasteiger partial charge on any atom is 0.315 e. The molecule has 2 atom stereocenters. The van der Waals surface area contributed by atoms with Gasteiger partial charge in [0, 0.05) is 45.0 Å². The Morgan fingerprint density at radius 1 is 0.941 bits per heavy atom. The van der Waals surface area contributed by atoms with Gasteiger partial charge in [-0.15, -0.1) is 0 Å². The number of aromatic hydroxyl groups is 1. The number of rotatable bonds is 11. The minimum Gasteiger partial charge on any atom is -0.508 e. The summed E-state index contributed by atoms with van der Waals surface area (Å²) in [7, 11) is 6.16. The standard InChI is InChI=1S/C27H36N4O2S/c1-20(15-23-13-14-34-19-23)29-27(33)28-17-25(16-21-7-11-26(32)12-8-21)31(4)18-22-5-9-24(10-6-22)30(2)3/h5-14,19-20,25,32H,15-18H2,1-4H3,(H2,28,29,33)/t20-,25-/m0/s1. The molecule has 1 aromatic heterocycles.